The highest BCUT2D eigenvalue weighted by Gasteiger charge is 2.35. The minimum absolute atomic E-state index is 0.0670. The maximum Gasteiger partial charge on any atom is 0.223 e. The highest BCUT2D eigenvalue weighted by Crippen LogP contribution is 2.37. The number of piperidine rings is 1. The fourth-order valence-corrected chi connectivity index (χ4v) is 4.82. The molecule has 2 aliphatic rings. The number of benzene rings is 2. The Balaban J connectivity index is 1.43. The van der Waals surface area contributed by atoms with Gasteiger partial charge in [-0.1, -0.05) is 12.1 Å². The lowest BCUT2D eigenvalue weighted by atomic mass is 9.86. The number of fused-ring (bicyclic) bond motifs is 1. The van der Waals surface area contributed by atoms with Crippen LogP contribution >= 0.6 is 0 Å². The lowest BCUT2D eigenvalue weighted by Crippen LogP contribution is -2.45. The molecule has 0 spiro atoms. The summed E-state index contributed by atoms with van der Waals surface area (Å²) in [5.74, 6) is 0.516. The van der Waals surface area contributed by atoms with Crippen molar-refractivity contribution in [3.8, 4) is 0 Å². The largest absolute Gasteiger partial charge is 0.379 e. The van der Waals surface area contributed by atoms with Gasteiger partial charge in [0, 0.05) is 19.1 Å². The predicted molar refractivity (Wildman–Crippen MR) is 122 cm³/mol. The molecule has 2 saturated heterocycles. The van der Waals surface area contributed by atoms with E-state index in [0.29, 0.717) is 26.2 Å². The molecule has 3 heterocycles. The van der Waals surface area contributed by atoms with Gasteiger partial charge in [-0.15, -0.1) is 0 Å². The van der Waals surface area contributed by atoms with E-state index in [-0.39, 0.29) is 29.7 Å². The average molecular weight is 437 g/mol. The number of nitrogens with one attached hydrogen (secondary N) is 2. The number of amides is 1. The highest BCUT2D eigenvalue weighted by molar-refractivity contribution is 5.81. The number of carbonyl (C=O) groups excluding carboxylic acids is 1. The zero-order valence-corrected chi connectivity index (χ0v) is 18.5. The first-order chi connectivity index (χ1) is 15.5. The maximum atomic E-state index is 13.6. The zero-order valence-electron chi connectivity index (χ0n) is 18.5. The Morgan fingerprint density at radius 3 is 2.72 bits per heavy atom. The van der Waals surface area contributed by atoms with E-state index in [2.05, 4.69) is 41.2 Å². The molecule has 3 unspecified atom stereocenters. The summed E-state index contributed by atoms with van der Waals surface area (Å²) in [5.41, 5.74) is 5.34. The van der Waals surface area contributed by atoms with E-state index in [1.165, 1.54) is 23.3 Å². The molecular weight excluding hydrogens is 407 g/mol. The number of imidazole rings is 1. The van der Waals surface area contributed by atoms with Crippen LogP contribution < -0.4 is 10.2 Å². The fraction of sp³-hybridized carbons (Fsp3) is 0.440. The molecule has 6 nitrogen and oxygen atoms in total. The lowest BCUT2D eigenvalue weighted by Gasteiger charge is -2.39. The minimum atomic E-state index is -0.263. The van der Waals surface area contributed by atoms with E-state index in [1.807, 2.05) is 12.1 Å². The Hall–Kier alpha value is -2.93. The number of halogens is 1. The first kappa shape index (κ1) is 20.9. The molecule has 3 atom stereocenters. The smallest absolute Gasteiger partial charge is 0.223 e. The summed E-state index contributed by atoms with van der Waals surface area (Å²) in [6, 6.07) is 10.9. The highest BCUT2D eigenvalue weighted by atomic mass is 19.1. The molecule has 0 aliphatic carbocycles. The van der Waals surface area contributed by atoms with Crippen LogP contribution in [0.2, 0.25) is 0 Å². The van der Waals surface area contributed by atoms with Gasteiger partial charge in [0.05, 0.1) is 29.7 Å². The molecule has 0 radical (unpaired) electrons. The number of hydrogen-bond acceptors (Lipinski definition) is 4. The van der Waals surface area contributed by atoms with Crippen LogP contribution in [0.5, 0.6) is 0 Å². The topological polar surface area (TPSA) is 70.2 Å². The Bertz CT molecular complexity index is 1080. The van der Waals surface area contributed by atoms with E-state index in [0.717, 1.165) is 35.4 Å². The molecule has 1 aromatic heterocycles. The number of H-pyrrole nitrogens is 1. The lowest BCUT2D eigenvalue weighted by molar-refractivity contribution is -0.126. The van der Waals surface area contributed by atoms with Crippen molar-refractivity contribution in [2.45, 2.75) is 45.2 Å². The summed E-state index contributed by atoms with van der Waals surface area (Å²) < 4.78 is 19.0. The third kappa shape index (κ3) is 4.09. The molecule has 1 amide bonds. The van der Waals surface area contributed by atoms with Crippen LogP contribution in [0.25, 0.3) is 11.0 Å². The van der Waals surface area contributed by atoms with Gasteiger partial charge in [0.15, 0.2) is 0 Å². The molecule has 0 saturated carbocycles. The number of aromatic amines is 1. The SMILES string of the molecule is Cc1cc2nc(N3CCC(C(=O)NC4CCOC4)CC3c3ccc(F)cc3)[nH]c2cc1C. The van der Waals surface area contributed by atoms with Crippen LogP contribution in [0, 0.1) is 25.6 Å². The fourth-order valence-electron chi connectivity index (χ4n) is 4.82. The van der Waals surface area contributed by atoms with Gasteiger partial charge in [-0.3, -0.25) is 4.79 Å². The number of rotatable bonds is 4. The molecule has 168 valence electrons. The second-order valence-corrected chi connectivity index (χ2v) is 9.07. The van der Waals surface area contributed by atoms with E-state index in [9.17, 15) is 9.18 Å². The van der Waals surface area contributed by atoms with Gasteiger partial charge in [-0.05, 0) is 74.1 Å². The number of nitrogens with zero attached hydrogens (tertiary/aromatic N) is 2. The number of ether oxygens (including phenoxy) is 1. The molecule has 5 rings (SSSR count). The molecule has 2 N–H and O–H groups in total. The van der Waals surface area contributed by atoms with Crippen LogP contribution in [-0.2, 0) is 9.53 Å². The van der Waals surface area contributed by atoms with Crippen molar-refractivity contribution >= 4 is 22.9 Å². The monoisotopic (exact) mass is 436 g/mol. The molecule has 0 bridgehead atoms. The molecular formula is C25H29FN4O2. The molecule has 3 aromatic rings. The molecule has 2 aromatic carbocycles. The Labute approximate surface area is 187 Å². The van der Waals surface area contributed by atoms with Crippen LogP contribution in [0.3, 0.4) is 0 Å². The first-order valence-corrected chi connectivity index (χ1v) is 11.3. The minimum Gasteiger partial charge on any atom is -0.379 e. The normalized spacial score (nSPS) is 23.6. The predicted octanol–water partition coefficient (Wildman–Crippen LogP) is 4.18. The Kier molecular flexibility index (Phi) is 5.59. The summed E-state index contributed by atoms with van der Waals surface area (Å²) in [4.78, 5) is 23.5. The third-order valence-corrected chi connectivity index (χ3v) is 6.86. The van der Waals surface area contributed by atoms with Crippen LogP contribution in [0.4, 0.5) is 10.3 Å². The first-order valence-electron chi connectivity index (χ1n) is 11.3. The van der Waals surface area contributed by atoms with Crippen molar-refractivity contribution in [2.24, 2.45) is 5.92 Å². The molecule has 32 heavy (non-hydrogen) atoms. The summed E-state index contributed by atoms with van der Waals surface area (Å²) in [7, 11) is 0. The van der Waals surface area contributed by atoms with E-state index in [4.69, 9.17) is 9.72 Å². The molecule has 2 aliphatic heterocycles. The van der Waals surface area contributed by atoms with Gasteiger partial charge in [0.2, 0.25) is 11.9 Å². The summed E-state index contributed by atoms with van der Waals surface area (Å²) in [5, 5.41) is 3.15. The van der Waals surface area contributed by atoms with Gasteiger partial charge in [0.25, 0.3) is 0 Å². The number of hydrogen-bond donors (Lipinski definition) is 2. The zero-order chi connectivity index (χ0) is 22.2. The average Bonchev–Trinajstić information content (AvgIpc) is 3.44. The summed E-state index contributed by atoms with van der Waals surface area (Å²) in [6.07, 6.45) is 2.26. The van der Waals surface area contributed by atoms with Crippen molar-refractivity contribution in [1.29, 1.82) is 0 Å². The van der Waals surface area contributed by atoms with Gasteiger partial charge in [-0.2, -0.15) is 0 Å². The van der Waals surface area contributed by atoms with Crippen molar-refractivity contribution in [3.63, 3.8) is 0 Å². The van der Waals surface area contributed by atoms with E-state index >= 15 is 0 Å². The van der Waals surface area contributed by atoms with Gasteiger partial charge >= 0.3 is 0 Å². The standard InChI is InChI=1S/C25H29FN4O2/c1-15-11-21-22(12-16(15)2)29-25(28-21)30-9-7-18(24(31)27-20-8-10-32-14-20)13-23(30)17-3-5-19(26)6-4-17/h3-6,11-12,18,20,23H,7-10,13-14H2,1-2H3,(H,27,31)(H,28,29). The second kappa shape index (κ2) is 8.54. The molecule has 7 heteroatoms. The Morgan fingerprint density at radius 2 is 1.97 bits per heavy atom. The van der Waals surface area contributed by atoms with Gasteiger partial charge < -0.3 is 19.9 Å². The van der Waals surface area contributed by atoms with Crippen LogP contribution in [0.15, 0.2) is 36.4 Å². The summed E-state index contributed by atoms with van der Waals surface area (Å²) >= 11 is 0. The van der Waals surface area contributed by atoms with Crippen LogP contribution in [0.1, 0.15) is 42.0 Å². The number of carbonyl (C=O) groups is 1. The summed E-state index contributed by atoms with van der Waals surface area (Å²) in [6.45, 7) is 6.16. The second-order valence-electron chi connectivity index (χ2n) is 9.07. The van der Waals surface area contributed by atoms with Gasteiger partial charge in [-0.25, -0.2) is 9.37 Å². The number of aryl methyl sites for hydroxylation is 2. The number of aromatic nitrogens is 2. The van der Waals surface area contributed by atoms with E-state index < -0.39 is 0 Å². The van der Waals surface area contributed by atoms with Crippen molar-refractivity contribution in [3.05, 3.63) is 58.9 Å². The Morgan fingerprint density at radius 1 is 1.19 bits per heavy atom. The van der Waals surface area contributed by atoms with Gasteiger partial charge in [0.1, 0.15) is 5.82 Å². The molecule has 2 fully saturated rings. The van der Waals surface area contributed by atoms with Crippen molar-refractivity contribution in [1.82, 2.24) is 15.3 Å². The maximum absolute atomic E-state index is 13.6. The van der Waals surface area contributed by atoms with Crippen molar-refractivity contribution in [2.75, 3.05) is 24.7 Å². The third-order valence-electron chi connectivity index (χ3n) is 6.86. The van der Waals surface area contributed by atoms with Crippen LogP contribution in [-0.4, -0.2) is 41.7 Å². The number of anilines is 1. The van der Waals surface area contributed by atoms with E-state index in [1.54, 1.807) is 0 Å². The van der Waals surface area contributed by atoms with Crippen molar-refractivity contribution < 1.29 is 13.9 Å². The quantitative estimate of drug-likeness (QED) is 0.644.